The zero-order chi connectivity index (χ0) is 17.0. The Bertz CT molecular complexity index is 490. The molecule has 0 radical (unpaired) electrons. The van der Waals surface area contributed by atoms with Crippen LogP contribution in [0.2, 0.25) is 0 Å². The van der Waals surface area contributed by atoms with Crippen LogP contribution in [0.3, 0.4) is 0 Å². The summed E-state index contributed by atoms with van der Waals surface area (Å²) in [6.07, 6.45) is 0.275. The van der Waals surface area contributed by atoms with E-state index in [1.165, 1.54) is 0 Å². The predicted molar refractivity (Wildman–Crippen MR) is 89.1 cm³/mol. The smallest absolute Gasteiger partial charge is 0.230 e. The van der Waals surface area contributed by atoms with Gasteiger partial charge in [-0.25, -0.2) is 0 Å². The summed E-state index contributed by atoms with van der Waals surface area (Å²) in [4.78, 5) is 12.5. The molecule has 2 N–H and O–H groups in total. The van der Waals surface area contributed by atoms with Gasteiger partial charge in [0, 0.05) is 6.54 Å². The van der Waals surface area contributed by atoms with E-state index in [2.05, 4.69) is 5.32 Å². The zero-order valence-corrected chi connectivity index (χ0v) is 14.6. The molecule has 1 unspecified atom stereocenters. The van der Waals surface area contributed by atoms with Crippen LogP contribution in [0, 0.1) is 5.41 Å². The van der Waals surface area contributed by atoms with E-state index in [1.807, 2.05) is 52.0 Å². The minimum absolute atomic E-state index is 0.0173. The normalized spacial score (nSPS) is 13.6. The highest BCUT2D eigenvalue weighted by Crippen LogP contribution is 2.27. The Morgan fingerprint density at radius 2 is 1.77 bits per heavy atom. The summed E-state index contributed by atoms with van der Waals surface area (Å²) in [5.74, 6) is 0.759. The van der Waals surface area contributed by atoms with E-state index >= 15 is 0 Å². The first-order valence-corrected chi connectivity index (χ1v) is 7.69. The fourth-order valence-corrected chi connectivity index (χ4v) is 2.55. The lowest BCUT2D eigenvalue weighted by Crippen LogP contribution is -2.44. The summed E-state index contributed by atoms with van der Waals surface area (Å²) < 4.78 is 5.15. The van der Waals surface area contributed by atoms with E-state index in [0.29, 0.717) is 13.0 Å². The third-order valence-corrected chi connectivity index (χ3v) is 3.95. The van der Waals surface area contributed by atoms with Gasteiger partial charge >= 0.3 is 0 Å². The number of ether oxygens (including phenoxy) is 1. The first-order chi connectivity index (χ1) is 10.1. The second kappa shape index (κ2) is 7.14. The standard InChI is InChI=1S/C18H29NO3/c1-13(20)11-17(2,3)12-19-16(21)18(4,5)14-7-9-15(22-6)10-8-14/h7-10,13,20H,11-12H2,1-6H3,(H,19,21). The molecule has 1 aromatic rings. The van der Waals surface area contributed by atoms with Gasteiger partial charge in [-0.3, -0.25) is 4.79 Å². The van der Waals surface area contributed by atoms with Crippen molar-refractivity contribution < 1.29 is 14.6 Å². The quantitative estimate of drug-likeness (QED) is 0.814. The molecular formula is C18H29NO3. The average molecular weight is 307 g/mol. The first-order valence-electron chi connectivity index (χ1n) is 7.69. The molecule has 0 saturated carbocycles. The minimum atomic E-state index is -0.618. The lowest BCUT2D eigenvalue weighted by Gasteiger charge is -2.30. The van der Waals surface area contributed by atoms with Crippen LogP contribution in [0.15, 0.2) is 24.3 Å². The molecule has 4 heteroatoms. The number of carbonyl (C=O) groups excluding carboxylic acids is 1. The number of hydrogen-bond acceptors (Lipinski definition) is 3. The maximum absolute atomic E-state index is 12.5. The molecule has 0 spiro atoms. The van der Waals surface area contributed by atoms with Crippen molar-refractivity contribution in [3.8, 4) is 5.75 Å². The van der Waals surface area contributed by atoms with E-state index in [-0.39, 0.29) is 17.4 Å². The van der Waals surface area contributed by atoms with Gasteiger partial charge in [-0.05, 0) is 50.3 Å². The van der Waals surface area contributed by atoms with Gasteiger partial charge in [0.05, 0.1) is 18.6 Å². The Labute approximate surface area is 133 Å². The molecule has 0 saturated heterocycles. The monoisotopic (exact) mass is 307 g/mol. The van der Waals surface area contributed by atoms with Crippen molar-refractivity contribution in [1.29, 1.82) is 0 Å². The van der Waals surface area contributed by atoms with Gasteiger partial charge in [0.15, 0.2) is 0 Å². The van der Waals surface area contributed by atoms with Crippen LogP contribution in [-0.4, -0.2) is 30.8 Å². The topological polar surface area (TPSA) is 58.6 Å². The first kappa shape index (κ1) is 18.5. The van der Waals surface area contributed by atoms with Gasteiger partial charge in [0.25, 0.3) is 0 Å². The van der Waals surface area contributed by atoms with Crippen LogP contribution in [0.4, 0.5) is 0 Å². The molecule has 1 atom stereocenters. The van der Waals surface area contributed by atoms with Gasteiger partial charge in [0.1, 0.15) is 5.75 Å². The summed E-state index contributed by atoms with van der Waals surface area (Å²) in [6, 6.07) is 7.56. The SMILES string of the molecule is COc1ccc(C(C)(C)C(=O)NCC(C)(C)CC(C)O)cc1. The van der Waals surface area contributed by atoms with Crippen LogP contribution in [0.5, 0.6) is 5.75 Å². The van der Waals surface area contributed by atoms with Gasteiger partial charge in [-0.2, -0.15) is 0 Å². The van der Waals surface area contributed by atoms with E-state index in [9.17, 15) is 9.90 Å². The number of benzene rings is 1. The Morgan fingerprint density at radius 1 is 1.23 bits per heavy atom. The number of nitrogens with one attached hydrogen (secondary N) is 1. The predicted octanol–water partition coefficient (Wildman–Crippen LogP) is 2.89. The highest BCUT2D eigenvalue weighted by atomic mass is 16.5. The van der Waals surface area contributed by atoms with Gasteiger partial charge in [-0.15, -0.1) is 0 Å². The van der Waals surface area contributed by atoms with Crippen molar-refractivity contribution in [2.75, 3.05) is 13.7 Å². The maximum atomic E-state index is 12.5. The summed E-state index contributed by atoms with van der Waals surface area (Å²) >= 11 is 0. The lowest BCUT2D eigenvalue weighted by atomic mass is 9.82. The number of aliphatic hydroxyl groups is 1. The van der Waals surface area contributed by atoms with Crippen molar-refractivity contribution in [3.63, 3.8) is 0 Å². The van der Waals surface area contributed by atoms with Crippen molar-refractivity contribution in [2.24, 2.45) is 5.41 Å². The van der Waals surface area contributed by atoms with Crippen molar-refractivity contribution in [2.45, 2.75) is 52.6 Å². The van der Waals surface area contributed by atoms with Gasteiger partial charge in [0.2, 0.25) is 5.91 Å². The molecule has 4 nitrogen and oxygen atoms in total. The second-order valence-electron chi connectivity index (χ2n) is 7.25. The molecule has 1 amide bonds. The molecule has 0 fully saturated rings. The highest BCUT2D eigenvalue weighted by molar-refractivity contribution is 5.87. The molecule has 1 aromatic carbocycles. The number of hydrogen-bond donors (Lipinski definition) is 2. The Hall–Kier alpha value is -1.55. The minimum Gasteiger partial charge on any atom is -0.497 e. The Balaban J connectivity index is 2.73. The second-order valence-corrected chi connectivity index (χ2v) is 7.25. The lowest BCUT2D eigenvalue weighted by molar-refractivity contribution is -0.126. The van der Waals surface area contributed by atoms with Crippen LogP contribution in [-0.2, 0) is 10.2 Å². The van der Waals surface area contributed by atoms with Gasteiger partial charge in [-0.1, -0.05) is 26.0 Å². The molecule has 0 aliphatic heterocycles. The van der Waals surface area contributed by atoms with Gasteiger partial charge < -0.3 is 15.2 Å². The summed E-state index contributed by atoms with van der Waals surface area (Å²) in [5, 5.41) is 12.5. The number of carbonyl (C=O) groups is 1. The van der Waals surface area contributed by atoms with Crippen LogP contribution in [0.1, 0.15) is 46.6 Å². The summed E-state index contributed by atoms with van der Waals surface area (Å²) in [7, 11) is 1.62. The number of methoxy groups -OCH3 is 1. The number of rotatable bonds is 7. The van der Waals surface area contributed by atoms with E-state index < -0.39 is 5.41 Å². The molecule has 0 heterocycles. The molecule has 22 heavy (non-hydrogen) atoms. The van der Waals surface area contributed by atoms with E-state index in [1.54, 1.807) is 14.0 Å². The van der Waals surface area contributed by atoms with E-state index in [4.69, 9.17) is 4.74 Å². The third kappa shape index (κ3) is 5.02. The third-order valence-electron chi connectivity index (χ3n) is 3.95. The van der Waals surface area contributed by atoms with Crippen molar-refractivity contribution in [3.05, 3.63) is 29.8 Å². The fourth-order valence-electron chi connectivity index (χ4n) is 2.55. The maximum Gasteiger partial charge on any atom is 0.230 e. The molecular weight excluding hydrogens is 278 g/mol. The number of aliphatic hydroxyl groups excluding tert-OH is 1. The Morgan fingerprint density at radius 3 is 2.23 bits per heavy atom. The van der Waals surface area contributed by atoms with E-state index in [0.717, 1.165) is 11.3 Å². The van der Waals surface area contributed by atoms with Crippen molar-refractivity contribution >= 4 is 5.91 Å². The van der Waals surface area contributed by atoms with Crippen LogP contribution < -0.4 is 10.1 Å². The van der Waals surface area contributed by atoms with Crippen LogP contribution >= 0.6 is 0 Å². The van der Waals surface area contributed by atoms with Crippen molar-refractivity contribution in [1.82, 2.24) is 5.32 Å². The molecule has 0 aromatic heterocycles. The molecule has 0 aliphatic carbocycles. The highest BCUT2D eigenvalue weighted by Gasteiger charge is 2.31. The largest absolute Gasteiger partial charge is 0.497 e. The molecule has 0 aliphatic rings. The fraction of sp³-hybridized carbons (Fsp3) is 0.611. The average Bonchev–Trinajstić information content (AvgIpc) is 2.43. The molecule has 0 bridgehead atoms. The molecule has 124 valence electrons. The number of amides is 1. The summed E-state index contributed by atoms with van der Waals surface area (Å²) in [5.41, 5.74) is 0.187. The zero-order valence-electron chi connectivity index (χ0n) is 14.6. The van der Waals surface area contributed by atoms with Crippen LogP contribution in [0.25, 0.3) is 0 Å². The summed E-state index contributed by atoms with van der Waals surface area (Å²) in [6.45, 7) is 10.2. The molecule has 1 rings (SSSR count). The Kier molecular flexibility index (Phi) is 6.00.